The van der Waals surface area contributed by atoms with Crippen LogP contribution in [0, 0.1) is 0 Å². The molecule has 60 heavy (non-hydrogen) atoms. The van der Waals surface area contributed by atoms with Crippen LogP contribution in [0.25, 0.3) is 0 Å². The predicted molar refractivity (Wildman–Crippen MR) is 261 cm³/mol. The van der Waals surface area contributed by atoms with E-state index >= 15 is 0 Å². The molecule has 0 spiro atoms. The third-order valence-corrected chi connectivity index (χ3v) is 13.3. The molecule has 0 aromatic heterocycles. The topological polar surface area (TPSA) is 110 Å². The highest BCUT2D eigenvalue weighted by Gasteiger charge is 2.26. The minimum atomic E-state index is -1.13. The molecule has 0 aromatic rings. The maximum atomic E-state index is 12.5. The van der Waals surface area contributed by atoms with Crippen molar-refractivity contribution in [2.75, 3.05) is 13.2 Å². The average Bonchev–Trinajstić information content (AvgIpc) is 3.25. The van der Waals surface area contributed by atoms with Crippen molar-refractivity contribution >= 4 is 5.91 Å². The normalized spacial score (nSPS) is 13.2. The number of aliphatic hydroxyl groups excluding tert-OH is 4. The van der Waals surface area contributed by atoms with Crippen LogP contribution in [0.3, 0.4) is 0 Å². The van der Waals surface area contributed by atoms with Gasteiger partial charge in [-0.1, -0.05) is 283 Å². The van der Waals surface area contributed by atoms with Crippen LogP contribution in [0.15, 0.2) is 0 Å². The molecule has 0 aliphatic carbocycles. The van der Waals surface area contributed by atoms with Crippen LogP contribution in [0.1, 0.15) is 309 Å². The molecule has 0 unspecified atom stereocenters. The Kier molecular flexibility index (Phi) is 50.4. The van der Waals surface area contributed by atoms with Gasteiger partial charge in [-0.2, -0.15) is 0 Å². The van der Waals surface area contributed by atoms with Crippen LogP contribution in [0.5, 0.6) is 0 Å². The predicted octanol–water partition coefficient (Wildman–Crippen LogP) is 15.5. The first-order valence-electron chi connectivity index (χ1n) is 27.4. The van der Waals surface area contributed by atoms with E-state index < -0.39 is 18.2 Å². The zero-order chi connectivity index (χ0) is 43.7. The van der Waals surface area contributed by atoms with Crippen LogP contribution in [0.4, 0.5) is 0 Å². The highest BCUT2D eigenvalue weighted by atomic mass is 16.3. The van der Waals surface area contributed by atoms with Gasteiger partial charge in [-0.25, -0.2) is 0 Å². The molecule has 1 amide bonds. The number of amides is 1. The molecule has 0 saturated carbocycles. The van der Waals surface area contributed by atoms with E-state index in [9.17, 15) is 20.1 Å². The second-order valence-corrected chi connectivity index (χ2v) is 19.2. The van der Waals surface area contributed by atoms with Gasteiger partial charge in [-0.3, -0.25) is 4.79 Å². The van der Waals surface area contributed by atoms with E-state index in [4.69, 9.17) is 5.11 Å². The fourth-order valence-corrected chi connectivity index (χ4v) is 9.03. The van der Waals surface area contributed by atoms with Gasteiger partial charge in [-0.15, -0.1) is 0 Å². The third-order valence-electron chi connectivity index (χ3n) is 13.3. The summed E-state index contributed by atoms with van der Waals surface area (Å²) in [5, 5.41) is 42.4. The minimum Gasteiger partial charge on any atom is -0.396 e. The van der Waals surface area contributed by atoms with Gasteiger partial charge >= 0.3 is 0 Å². The summed E-state index contributed by atoms with van der Waals surface area (Å²) in [5.41, 5.74) is 0. The first-order chi connectivity index (χ1) is 29.6. The van der Waals surface area contributed by atoms with E-state index in [0.29, 0.717) is 19.4 Å². The summed E-state index contributed by atoms with van der Waals surface area (Å²) in [6, 6.07) is -0.805. The summed E-state index contributed by atoms with van der Waals surface area (Å²) in [4.78, 5) is 12.5. The Hall–Kier alpha value is -0.690. The van der Waals surface area contributed by atoms with Crippen molar-refractivity contribution < 1.29 is 25.2 Å². The molecule has 0 radical (unpaired) electrons. The first kappa shape index (κ1) is 59.3. The van der Waals surface area contributed by atoms with Gasteiger partial charge in [0.1, 0.15) is 6.10 Å². The van der Waals surface area contributed by atoms with Crippen LogP contribution in [-0.2, 0) is 4.79 Å². The highest BCUT2D eigenvalue weighted by molar-refractivity contribution is 5.76. The van der Waals surface area contributed by atoms with Gasteiger partial charge in [0.2, 0.25) is 5.91 Å². The lowest BCUT2D eigenvalue weighted by Gasteiger charge is -2.26. The van der Waals surface area contributed by atoms with E-state index in [1.807, 2.05) is 0 Å². The van der Waals surface area contributed by atoms with Gasteiger partial charge in [0.15, 0.2) is 0 Å². The third kappa shape index (κ3) is 45.3. The van der Waals surface area contributed by atoms with E-state index in [1.54, 1.807) is 0 Å². The van der Waals surface area contributed by atoms with Crippen LogP contribution >= 0.6 is 0 Å². The summed E-state index contributed by atoms with van der Waals surface area (Å²) in [6.45, 7) is 2.26. The first-order valence-corrected chi connectivity index (χ1v) is 27.4. The van der Waals surface area contributed by atoms with Gasteiger partial charge in [0.05, 0.1) is 18.8 Å². The number of aliphatic hydroxyl groups is 4. The maximum absolute atomic E-state index is 12.5. The van der Waals surface area contributed by atoms with Gasteiger partial charge in [0, 0.05) is 13.0 Å². The summed E-state index contributed by atoms with van der Waals surface area (Å²) in [5.74, 6) is -0.140. The molecule has 360 valence electrons. The zero-order valence-corrected chi connectivity index (χ0v) is 40.6. The van der Waals surface area contributed by atoms with Crippen molar-refractivity contribution in [3.63, 3.8) is 0 Å². The van der Waals surface area contributed by atoms with E-state index in [2.05, 4.69) is 12.2 Å². The van der Waals surface area contributed by atoms with Crippen LogP contribution in [-0.4, -0.2) is 57.8 Å². The Bertz CT molecular complexity index is 811. The van der Waals surface area contributed by atoms with Crippen molar-refractivity contribution in [2.45, 2.75) is 327 Å². The Morgan fingerprint density at radius 3 is 0.883 bits per heavy atom. The van der Waals surface area contributed by atoms with E-state index in [-0.39, 0.29) is 12.5 Å². The van der Waals surface area contributed by atoms with E-state index in [0.717, 1.165) is 44.9 Å². The lowest BCUT2D eigenvalue weighted by Crippen LogP contribution is -2.50. The number of hydrogen-bond donors (Lipinski definition) is 5. The largest absolute Gasteiger partial charge is 0.396 e. The van der Waals surface area contributed by atoms with Crippen LogP contribution in [0.2, 0.25) is 0 Å². The molecule has 6 nitrogen and oxygen atoms in total. The Morgan fingerprint density at radius 1 is 0.367 bits per heavy atom. The second-order valence-electron chi connectivity index (χ2n) is 19.2. The standard InChI is InChI=1S/C54H109NO5/c1-2-3-4-5-6-7-8-32-35-38-41-44-47-52(58)54(60)51(50-57)55-53(59)48-45-42-39-36-33-30-28-26-24-22-20-18-16-14-12-10-9-11-13-15-17-19-21-23-25-27-29-31-34-37-40-43-46-49-56/h51-52,54,56-58,60H,2-50H2,1H3,(H,55,59)/t51-,52+,54-/m0/s1. The minimum absolute atomic E-state index is 0.140. The highest BCUT2D eigenvalue weighted by Crippen LogP contribution is 2.18. The fraction of sp³-hybridized carbons (Fsp3) is 0.981. The quantitative estimate of drug-likeness (QED) is 0.0392. The second kappa shape index (κ2) is 50.9. The number of rotatable bonds is 52. The number of unbranched alkanes of at least 4 members (excludes halogenated alkanes) is 43. The molecule has 0 aromatic carbocycles. The van der Waals surface area contributed by atoms with Gasteiger partial charge in [-0.05, 0) is 19.3 Å². The van der Waals surface area contributed by atoms with Crippen molar-refractivity contribution in [2.24, 2.45) is 0 Å². The lowest BCUT2D eigenvalue weighted by atomic mass is 9.99. The van der Waals surface area contributed by atoms with Gasteiger partial charge < -0.3 is 25.7 Å². The zero-order valence-electron chi connectivity index (χ0n) is 40.6. The van der Waals surface area contributed by atoms with Gasteiger partial charge in [0.25, 0.3) is 0 Å². The molecule has 0 saturated heterocycles. The fourth-order valence-electron chi connectivity index (χ4n) is 9.03. The van der Waals surface area contributed by atoms with Crippen molar-refractivity contribution in [1.29, 1.82) is 0 Å². The number of hydrogen-bond acceptors (Lipinski definition) is 5. The Labute approximate surface area is 375 Å². The van der Waals surface area contributed by atoms with Crippen molar-refractivity contribution in [1.82, 2.24) is 5.32 Å². The molecule has 5 N–H and O–H groups in total. The molecule has 6 heteroatoms. The summed E-state index contributed by atoms with van der Waals surface area (Å²) >= 11 is 0. The SMILES string of the molecule is CCCCCCCCCCCCCC[C@@H](O)[C@@H](O)[C@H](CO)NC(=O)CCCCCCCCCCCCCCCCCCCCCCCCCCCCCCCCCCCO. The maximum Gasteiger partial charge on any atom is 0.220 e. The van der Waals surface area contributed by atoms with Crippen molar-refractivity contribution in [3.8, 4) is 0 Å². The number of carbonyl (C=O) groups excluding carboxylic acids is 1. The smallest absolute Gasteiger partial charge is 0.220 e. The molecule has 0 bridgehead atoms. The molecule has 0 aliphatic rings. The van der Waals surface area contributed by atoms with Crippen LogP contribution < -0.4 is 5.32 Å². The summed E-state index contributed by atoms with van der Waals surface area (Å²) < 4.78 is 0. The number of carbonyl (C=O) groups is 1. The molecule has 0 heterocycles. The molecular weight excluding hydrogens is 743 g/mol. The summed E-state index contributed by atoms with van der Waals surface area (Å²) in [6.07, 6.45) is 58.5. The summed E-state index contributed by atoms with van der Waals surface area (Å²) in [7, 11) is 0. The number of nitrogens with one attached hydrogen (secondary N) is 1. The molecule has 3 atom stereocenters. The monoisotopic (exact) mass is 852 g/mol. The Balaban J connectivity index is 3.40. The molecule has 0 fully saturated rings. The average molecular weight is 852 g/mol. The van der Waals surface area contributed by atoms with Crippen molar-refractivity contribution in [3.05, 3.63) is 0 Å². The lowest BCUT2D eigenvalue weighted by molar-refractivity contribution is -0.124. The molecule has 0 rings (SSSR count). The van der Waals surface area contributed by atoms with E-state index in [1.165, 1.54) is 244 Å². The Morgan fingerprint density at radius 2 is 0.617 bits per heavy atom. The molecular formula is C54H109NO5. The molecule has 0 aliphatic heterocycles.